The number of anilines is 1. The Balaban J connectivity index is 1.97. The molecule has 0 saturated carbocycles. The largest absolute Gasteiger partial charge is 0.378 e. The second kappa shape index (κ2) is 5.57. The summed E-state index contributed by atoms with van der Waals surface area (Å²) in [5, 5.41) is 6.87. The van der Waals surface area contributed by atoms with Crippen LogP contribution in [0, 0.1) is 11.6 Å². The maximum Gasteiger partial charge on any atom is 0.126 e. The third-order valence-corrected chi connectivity index (χ3v) is 2.37. The Morgan fingerprint density at radius 2 is 1.89 bits per heavy atom. The topological polar surface area (TPSA) is 29.9 Å². The summed E-state index contributed by atoms with van der Waals surface area (Å²) in [6.45, 7) is -0.0253. The lowest BCUT2D eigenvalue weighted by Gasteiger charge is -2.04. The number of benzene rings is 1. The van der Waals surface area contributed by atoms with Crippen molar-refractivity contribution in [3.8, 4) is 0 Å². The molecule has 0 unspecified atom stereocenters. The van der Waals surface area contributed by atoms with Crippen molar-refractivity contribution in [3.63, 3.8) is 0 Å². The molecule has 0 spiro atoms. The monoisotopic (exact) mass is 255 g/mol. The molecule has 0 fully saturated rings. The van der Waals surface area contributed by atoms with Crippen molar-refractivity contribution in [2.24, 2.45) is 0 Å². The van der Waals surface area contributed by atoms with Crippen LogP contribution in [0.5, 0.6) is 0 Å². The first-order valence-corrected chi connectivity index (χ1v) is 5.44. The molecule has 0 amide bonds. The molecule has 1 heterocycles. The summed E-state index contributed by atoms with van der Waals surface area (Å²) in [5.74, 6) is -1.22. The highest BCUT2D eigenvalue weighted by Crippen LogP contribution is 2.11. The quantitative estimate of drug-likeness (QED) is 0.890. The van der Waals surface area contributed by atoms with Crippen molar-refractivity contribution in [3.05, 3.63) is 47.8 Å². The summed E-state index contributed by atoms with van der Waals surface area (Å²) in [4.78, 5) is 0. The standard InChI is InChI=1S/C12H12F3N3/c13-1-2-18-8-12(7-17-18)16-6-9-3-10(14)5-11(15)4-9/h3-5,7-8,16H,1-2,6H2. The zero-order valence-corrected chi connectivity index (χ0v) is 9.54. The molecule has 0 aliphatic carbocycles. The highest BCUT2D eigenvalue weighted by atomic mass is 19.1. The molecule has 1 N–H and O–H groups in total. The summed E-state index contributed by atoms with van der Waals surface area (Å²) in [7, 11) is 0. The van der Waals surface area contributed by atoms with E-state index in [4.69, 9.17) is 0 Å². The first-order chi connectivity index (χ1) is 8.67. The van der Waals surface area contributed by atoms with Crippen LogP contribution in [0.1, 0.15) is 5.56 Å². The van der Waals surface area contributed by atoms with Crippen LogP contribution < -0.4 is 5.32 Å². The molecule has 1 aromatic carbocycles. The van der Waals surface area contributed by atoms with Gasteiger partial charge in [0.05, 0.1) is 18.4 Å². The number of halogens is 3. The van der Waals surface area contributed by atoms with Crippen LogP contribution in [-0.4, -0.2) is 16.5 Å². The van der Waals surface area contributed by atoms with E-state index in [0.717, 1.165) is 6.07 Å². The van der Waals surface area contributed by atoms with Crippen LogP contribution >= 0.6 is 0 Å². The summed E-state index contributed by atoms with van der Waals surface area (Å²) in [6, 6.07) is 3.33. The van der Waals surface area contributed by atoms with Crippen LogP contribution in [0.15, 0.2) is 30.6 Å². The number of hydrogen-bond acceptors (Lipinski definition) is 2. The predicted octanol–water partition coefficient (Wildman–Crippen LogP) is 2.74. The Morgan fingerprint density at radius 3 is 2.56 bits per heavy atom. The van der Waals surface area contributed by atoms with Gasteiger partial charge in [-0.05, 0) is 17.7 Å². The van der Waals surface area contributed by atoms with Gasteiger partial charge >= 0.3 is 0 Å². The molecular formula is C12H12F3N3. The Kier molecular flexibility index (Phi) is 3.86. The Bertz CT molecular complexity index is 505. The summed E-state index contributed by atoms with van der Waals surface area (Å²) in [6.07, 6.45) is 3.17. The molecule has 0 aliphatic heterocycles. The van der Waals surface area contributed by atoms with Gasteiger partial charge in [0.25, 0.3) is 0 Å². The van der Waals surface area contributed by atoms with Gasteiger partial charge in [0.1, 0.15) is 18.3 Å². The van der Waals surface area contributed by atoms with E-state index >= 15 is 0 Å². The van der Waals surface area contributed by atoms with Crippen molar-refractivity contribution in [2.45, 2.75) is 13.1 Å². The Morgan fingerprint density at radius 1 is 1.17 bits per heavy atom. The first kappa shape index (κ1) is 12.5. The highest BCUT2D eigenvalue weighted by Gasteiger charge is 2.02. The normalized spacial score (nSPS) is 10.6. The van der Waals surface area contributed by atoms with Gasteiger partial charge in [-0.25, -0.2) is 13.2 Å². The molecule has 3 nitrogen and oxygen atoms in total. The fraction of sp³-hybridized carbons (Fsp3) is 0.250. The average molecular weight is 255 g/mol. The molecule has 2 rings (SSSR count). The fourth-order valence-electron chi connectivity index (χ4n) is 1.58. The van der Waals surface area contributed by atoms with Crippen molar-refractivity contribution in [2.75, 3.05) is 12.0 Å². The number of rotatable bonds is 5. The SMILES string of the molecule is FCCn1cc(NCc2cc(F)cc(F)c2)cn1. The van der Waals surface area contributed by atoms with E-state index in [-0.39, 0.29) is 13.1 Å². The maximum absolute atomic E-state index is 12.9. The number of hydrogen-bond donors (Lipinski definition) is 1. The Hall–Kier alpha value is -1.98. The van der Waals surface area contributed by atoms with E-state index in [9.17, 15) is 13.2 Å². The minimum atomic E-state index is -0.611. The molecule has 0 saturated heterocycles. The number of nitrogens with zero attached hydrogens (tertiary/aromatic N) is 2. The predicted molar refractivity (Wildman–Crippen MR) is 61.9 cm³/mol. The smallest absolute Gasteiger partial charge is 0.126 e. The molecule has 0 bridgehead atoms. The number of aryl methyl sites for hydroxylation is 1. The molecule has 0 atom stereocenters. The first-order valence-electron chi connectivity index (χ1n) is 5.44. The van der Waals surface area contributed by atoms with Crippen molar-refractivity contribution in [1.29, 1.82) is 0 Å². The van der Waals surface area contributed by atoms with Crippen molar-refractivity contribution < 1.29 is 13.2 Å². The van der Waals surface area contributed by atoms with Gasteiger partial charge in [-0.1, -0.05) is 0 Å². The zero-order chi connectivity index (χ0) is 13.0. The lowest BCUT2D eigenvalue weighted by atomic mass is 10.2. The van der Waals surface area contributed by atoms with Crippen LogP contribution in [0.2, 0.25) is 0 Å². The van der Waals surface area contributed by atoms with Crippen LogP contribution in [0.25, 0.3) is 0 Å². The molecular weight excluding hydrogens is 243 g/mol. The summed E-state index contributed by atoms with van der Waals surface area (Å²) < 4.78 is 39.4. The average Bonchev–Trinajstić information content (AvgIpc) is 2.74. The Labute approximate surface area is 102 Å². The molecule has 18 heavy (non-hydrogen) atoms. The lowest BCUT2D eigenvalue weighted by Crippen LogP contribution is -2.01. The molecule has 96 valence electrons. The van der Waals surface area contributed by atoms with Gasteiger partial charge in [-0.15, -0.1) is 0 Å². The third-order valence-electron chi connectivity index (χ3n) is 2.37. The van der Waals surface area contributed by atoms with Gasteiger partial charge in [-0.3, -0.25) is 4.68 Å². The zero-order valence-electron chi connectivity index (χ0n) is 9.54. The van der Waals surface area contributed by atoms with Gasteiger partial charge in [0.2, 0.25) is 0 Å². The van der Waals surface area contributed by atoms with E-state index in [1.165, 1.54) is 23.0 Å². The minimum absolute atomic E-state index is 0.191. The second-order valence-corrected chi connectivity index (χ2v) is 3.81. The molecule has 0 radical (unpaired) electrons. The van der Waals surface area contributed by atoms with Crippen LogP contribution in [0.4, 0.5) is 18.9 Å². The number of alkyl halides is 1. The van der Waals surface area contributed by atoms with Gasteiger partial charge in [0, 0.05) is 18.8 Å². The lowest BCUT2D eigenvalue weighted by molar-refractivity contribution is 0.427. The fourth-order valence-corrected chi connectivity index (χ4v) is 1.58. The highest BCUT2D eigenvalue weighted by molar-refractivity contribution is 5.39. The van der Waals surface area contributed by atoms with Gasteiger partial charge < -0.3 is 5.32 Å². The van der Waals surface area contributed by atoms with E-state index in [0.29, 0.717) is 11.3 Å². The van der Waals surface area contributed by atoms with Crippen molar-refractivity contribution in [1.82, 2.24) is 9.78 Å². The van der Waals surface area contributed by atoms with Crippen molar-refractivity contribution >= 4 is 5.69 Å². The van der Waals surface area contributed by atoms with E-state index < -0.39 is 18.3 Å². The second-order valence-electron chi connectivity index (χ2n) is 3.81. The van der Waals surface area contributed by atoms with E-state index in [1.54, 1.807) is 6.20 Å². The van der Waals surface area contributed by atoms with E-state index in [2.05, 4.69) is 10.4 Å². The van der Waals surface area contributed by atoms with Crippen LogP contribution in [0.3, 0.4) is 0 Å². The number of aromatic nitrogens is 2. The molecule has 6 heteroatoms. The molecule has 1 aromatic heterocycles. The number of nitrogens with one attached hydrogen (secondary N) is 1. The molecule has 0 aliphatic rings. The molecule has 2 aromatic rings. The summed E-state index contributed by atoms with van der Waals surface area (Å²) in [5.41, 5.74) is 1.17. The maximum atomic E-state index is 12.9. The van der Waals surface area contributed by atoms with E-state index in [1.807, 2.05) is 0 Å². The van der Waals surface area contributed by atoms with Crippen LogP contribution in [-0.2, 0) is 13.1 Å². The minimum Gasteiger partial charge on any atom is -0.378 e. The summed E-state index contributed by atoms with van der Waals surface area (Å²) >= 11 is 0. The third kappa shape index (κ3) is 3.26. The van der Waals surface area contributed by atoms with Gasteiger partial charge in [-0.2, -0.15) is 5.10 Å². The van der Waals surface area contributed by atoms with Gasteiger partial charge in [0.15, 0.2) is 0 Å².